The molecule has 0 aliphatic rings. The number of rotatable bonds is 14. The number of aliphatic hydroxyl groups excluding tert-OH is 1. The zero-order chi connectivity index (χ0) is 26.0. The Balaban J connectivity index is 0. The molecule has 11 N–H and O–H groups in total. The normalized spacial score (nSPS) is 13.9. The average Bonchev–Trinajstić information content (AvgIpc) is 2.55. The Kier molecular flexibility index (Phi) is 15.3. The number of nitrogens with zero attached hydrogens (tertiary/aromatic N) is 1. The van der Waals surface area contributed by atoms with Crippen LogP contribution in [0.15, 0.2) is 0 Å². The number of ether oxygens (including phenoxy) is 1. The maximum Gasteiger partial charge on any atom is 0.358 e. The highest BCUT2D eigenvalue weighted by atomic mass is 31.2. The van der Waals surface area contributed by atoms with Crippen molar-refractivity contribution in [2.45, 2.75) is 43.7 Å². The van der Waals surface area contributed by atoms with Gasteiger partial charge in [-0.25, -0.2) is 0 Å². The Labute approximate surface area is 185 Å². The highest BCUT2D eigenvalue weighted by molar-refractivity contribution is 7.73. The lowest BCUT2D eigenvalue weighted by molar-refractivity contribution is 0.0976. The molecule has 0 saturated carbocycles. The lowest BCUT2D eigenvalue weighted by Crippen LogP contribution is -2.53. The Bertz CT molecular complexity index is 679. The molecular formula is C12H34N2O14P4. The summed E-state index contributed by atoms with van der Waals surface area (Å²) in [6, 6.07) is 0. The van der Waals surface area contributed by atoms with E-state index < -0.39 is 53.9 Å². The van der Waals surface area contributed by atoms with Crippen LogP contribution in [0.5, 0.6) is 0 Å². The Morgan fingerprint density at radius 3 is 1.53 bits per heavy atom. The van der Waals surface area contributed by atoms with Crippen LogP contribution in [-0.4, -0.2) is 92.6 Å². The summed E-state index contributed by atoms with van der Waals surface area (Å²) in [5.41, 5.74) is 1.94. The maximum absolute atomic E-state index is 12.0. The third kappa shape index (κ3) is 9.97. The lowest BCUT2D eigenvalue weighted by Gasteiger charge is -2.46. The van der Waals surface area contributed by atoms with E-state index in [9.17, 15) is 57.4 Å². The first-order valence-electron chi connectivity index (χ1n) is 9.16. The molecule has 0 aliphatic carbocycles. The molecule has 0 unspecified atom stereocenters. The molecule has 0 radical (unpaired) electrons. The molecule has 0 saturated heterocycles. The van der Waals surface area contributed by atoms with E-state index in [0.717, 1.165) is 0 Å². The Morgan fingerprint density at radius 1 is 0.844 bits per heavy atom. The van der Waals surface area contributed by atoms with Crippen LogP contribution in [0.25, 0.3) is 0 Å². The smallest absolute Gasteiger partial charge is 0.358 e. The minimum absolute atomic E-state index is 0.0833. The minimum Gasteiger partial charge on any atom is -0.394 e. The molecule has 0 amide bonds. The summed E-state index contributed by atoms with van der Waals surface area (Å²) in [5, 5.41) is 4.64. The van der Waals surface area contributed by atoms with Crippen molar-refractivity contribution in [2.24, 2.45) is 5.73 Å². The highest BCUT2D eigenvalue weighted by Gasteiger charge is 2.68. The topological polar surface area (TPSA) is 289 Å². The second-order valence-electron chi connectivity index (χ2n) is 6.46. The molecule has 0 aromatic rings. The van der Waals surface area contributed by atoms with Crippen molar-refractivity contribution in [3.63, 3.8) is 0 Å². The predicted octanol–water partition coefficient (Wildman–Crippen LogP) is -0.899. The third-order valence-corrected chi connectivity index (χ3v) is 11.8. The van der Waals surface area contributed by atoms with E-state index in [4.69, 9.17) is 15.6 Å². The fourth-order valence-electron chi connectivity index (χ4n) is 2.80. The van der Waals surface area contributed by atoms with Crippen molar-refractivity contribution in [2.75, 3.05) is 32.9 Å². The van der Waals surface area contributed by atoms with Crippen LogP contribution < -0.4 is 5.73 Å². The van der Waals surface area contributed by atoms with Crippen molar-refractivity contribution in [1.29, 1.82) is 0 Å². The lowest BCUT2D eigenvalue weighted by atomic mass is 10.3. The molecule has 32 heavy (non-hydrogen) atoms. The second kappa shape index (κ2) is 14.1. The van der Waals surface area contributed by atoms with Gasteiger partial charge in [0.05, 0.1) is 19.8 Å². The van der Waals surface area contributed by atoms with Gasteiger partial charge in [0.1, 0.15) is 0 Å². The van der Waals surface area contributed by atoms with E-state index in [1.165, 1.54) is 13.8 Å². The van der Waals surface area contributed by atoms with Crippen LogP contribution in [0.1, 0.15) is 33.1 Å². The van der Waals surface area contributed by atoms with E-state index in [2.05, 4.69) is 0 Å². The molecule has 0 aromatic heterocycles. The molecule has 0 aromatic carbocycles. The fraction of sp³-hybridized carbons (Fsp3) is 1.00. The van der Waals surface area contributed by atoms with Gasteiger partial charge in [-0.1, -0.05) is 20.3 Å². The van der Waals surface area contributed by atoms with E-state index in [0.29, 0.717) is 19.8 Å². The second-order valence-corrected chi connectivity index (χ2v) is 14.2. The third-order valence-electron chi connectivity index (χ3n) is 3.82. The monoisotopic (exact) mass is 554 g/mol. The zero-order valence-electron chi connectivity index (χ0n) is 17.6. The van der Waals surface area contributed by atoms with E-state index >= 15 is 0 Å². The first kappa shape index (κ1) is 34.6. The van der Waals surface area contributed by atoms with Gasteiger partial charge < -0.3 is 54.7 Å². The first-order valence-corrected chi connectivity index (χ1v) is 15.7. The Hall–Kier alpha value is 0.440. The van der Waals surface area contributed by atoms with Crippen molar-refractivity contribution in [3.05, 3.63) is 0 Å². The largest absolute Gasteiger partial charge is 0.394 e. The fourth-order valence-corrected chi connectivity index (χ4v) is 9.58. The van der Waals surface area contributed by atoms with Crippen LogP contribution >= 0.6 is 30.4 Å². The predicted molar refractivity (Wildman–Crippen MR) is 114 cm³/mol. The van der Waals surface area contributed by atoms with Gasteiger partial charge in [-0.3, -0.25) is 23.2 Å². The van der Waals surface area contributed by atoms with Crippen LogP contribution in [0.4, 0.5) is 0 Å². The number of hydrogen-bond acceptors (Lipinski definition) is 8. The Morgan fingerprint density at radius 2 is 1.28 bits per heavy atom. The van der Waals surface area contributed by atoms with Gasteiger partial charge in [-0.05, 0) is 12.8 Å². The van der Waals surface area contributed by atoms with Gasteiger partial charge in [0, 0.05) is 13.1 Å². The SMILES string of the molecule is CCCN(C(P(=O)(O)O)P(=O)(O)O)C(CCC)(P(=O)(O)O)P(=O)(O)O.NCCOCCO. The van der Waals surface area contributed by atoms with Gasteiger partial charge in [-0.2, -0.15) is 0 Å². The molecule has 0 fully saturated rings. The molecule has 0 aliphatic heterocycles. The minimum atomic E-state index is -5.85. The van der Waals surface area contributed by atoms with Crippen LogP contribution in [-0.2, 0) is 23.0 Å². The van der Waals surface area contributed by atoms with E-state index in [-0.39, 0.29) is 24.3 Å². The van der Waals surface area contributed by atoms with Gasteiger partial charge in [-0.15, -0.1) is 0 Å². The summed E-state index contributed by atoms with van der Waals surface area (Å²) in [5.74, 6) is 0. The number of nitrogens with two attached hydrogens (primary N) is 1. The molecule has 0 rings (SSSR count). The van der Waals surface area contributed by atoms with Crippen molar-refractivity contribution >= 4 is 30.4 Å². The van der Waals surface area contributed by atoms with Crippen LogP contribution in [0.3, 0.4) is 0 Å². The molecule has 0 heterocycles. The zero-order valence-corrected chi connectivity index (χ0v) is 21.2. The van der Waals surface area contributed by atoms with Crippen LogP contribution in [0, 0.1) is 0 Å². The van der Waals surface area contributed by atoms with Crippen molar-refractivity contribution in [1.82, 2.24) is 4.90 Å². The van der Waals surface area contributed by atoms with Gasteiger partial charge in [0.15, 0.2) is 0 Å². The van der Waals surface area contributed by atoms with Crippen molar-refractivity contribution < 1.29 is 67.3 Å². The van der Waals surface area contributed by atoms with Gasteiger partial charge in [0.25, 0.3) is 0 Å². The quantitative estimate of drug-likeness (QED) is 0.0919. The molecule has 0 bridgehead atoms. The van der Waals surface area contributed by atoms with Gasteiger partial charge in [0.2, 0.25) is 10.5 Å². The maximum atomic E-state index is 12.0. The van der Waals surface area contributed by atoms with Gasteiger partial charge >= 0.3 is 30.4 Å². The average molecular weight is 554 g/mol. The first-order chi connectivity index (χ1) is 14.3. The molecule has 0 atom stereocenters. The number of aliphatic hydroxyl groups is 1. The highest BCUT2D eigenvalue weighted by Crippen LogP contribution is 2.76. The molecular weight excluding hydrogens is 520 g/mol. The van der Waals surface area contributed by atoms with Crippen LogP contribution in [0.2, 0.25) is 0 Å². The molecule has 196 valence electrons. The summed E-state index contributed by atoms with van der Waals surface area (Å²) in [6.45, 7) is 3.38. The summed E-state index contributed by atoms with van der Waals surface area (Å²) >= 11 is 0. The summed E-state index contributed by atoms with van der Waals surface area (Å²) in [6.07, 6.45) is -1.38. The summed E-state index contributed by atoms with van der Waals surface area (Å²) in [4.78, 5) is 75.9. The standard InChI is InChI=1S/C8H23NO12P4.C4H11NO2/c1-3-5-8(24(16,17)18,25(19,20)21)9(6-4-2)7(22(10,11)12)23(13,14)15;5-1-3-7-4-2-6/h7H,3-6H2,1-2H3,(H2,10,11,12)(H2,13,14,15)(H2,16,17,18)(H2,19,20,21);6H,1-5H2. The van der Waals surface area contributed by atoms with E-state index in [1.54, 1.807) is 0 Å². The summed E-state index contributed by atoms with van der Waals surface area (Å²) < 4.78 is 52.1. The summed E-state index contributed by atoms with van der Waals surface area (Å²) in [7, 11) is -23.2. The van der Waals surface area contributed by atoms with E-state index in [1.807, 2.05) is 0 Å². The van der Waals surface area contributed by atoms with Crippen molar-refractivity contribution in [3.8, 4) is 0 Å². The number of hydrogen-bond donors (Lipinski definition) is 10. The molecule has 16 nitrogen and oxygen atoms in total. The molecule has 0 spiro atoms. The molecule has 20 heteroatoms.